The zero-order chi connectivity index (χ0) is 15.5. The number of benzene rings is 1. The van der Waals surface area contributed by atoms with Crippen LogP contribution in [-0.4, -0.2) is 48.1 Å². The number of hydrogen-bond donors (Lipinski definition) is 0. The predicted octanol–water partition coefficient (Wildman–Crippen LogP) is 2.63. The fraction of sp³-hybridized carbons (Fsp3) is 0.500. The third kappa shape index (κ3) is 2.05. The molecule has 2 aliphatic rings. The summed E-state index contributed by atoms with van der Waals surface area (Å²) in [6.45, 7) is 5.83. The van der Waals surface area contributed by atoms with Crippen molar-refractivity contribution in [2.75, 3.05) is 38.1 Å². The molecule has 0 amide bonds. The summed E-state index contributed by atoms with van der Waals surface area (Å²) >= 11 is 0. The zero-order valence-electron chi connectivity index (χ0n) is 12.7. The maximum absolute atomic E-state index is 13.2. The lowest BCUT2D eigenvalue weighted by Crippen LogP contribution is -2.71. The van der Waals surface area contributed by atoms with Crippen LogP contribution in [-0.2, 0) is 0 Å². The summed E-state index contributed by atoms with van der Waals surface area (Å²) in [4.78, 5) is 13.1. The van der Waals surface area contributed by atoms with Gasteiger partial charge in [-0.2, -0.15) is 0 Å². The molecule has 116 valence electrons. The van der Waals surface area contributed by atoms with Crippen molar-refractivity contribution in [1.29, 1.82) is 0 Å². The minimum atomic E-state index is -2.48. The Kier molecular flexibility index (Phi) is 2.88. The van der Waals surface area contributed by atoms with E-state index in [-0.39, 0.29) is 5.56 Å². The average molecular weight is 304 g/mol. The molecule has 1 aromatic carbocycles. The lowest BCUT2D eigenvalue weighted by molar-refractivity contribution is -0.00228. The van der Waals surface area contributed by atoms with Gasteiger partial charge in [-0.05, 0) is 26.1 Å². The lowest BCUT2D eigenvalue weighted by atomic mass is 9.73. The Morgan fingerprint density at radius 1 is 1.18 bits per heavy atom. The van der Waals surface area contributed by atoms with Gasteiger partial charge in [-0.1, -0.05) is 0 Å². The van der Waals surface area contributed by atoms with Crippen molar-refractivity contribution in [2.24, 2.45) is 5.41 Å². The second-order valence-electron chi connectivity index (χ2n) is 6.72. The molecule has 0 atom stereocenters. The van der Waals surface area contributed by atoms with E-state index < -0.39 is 6.43 Å². The first-order chi connectivity index (χ1) is 10.5. The first-order valence-electron chi connectivity index (χ1n) is 7.45. The van der Waals surface area contributed by atoms with Gasteiger partial charge < -0.3 is 9.80 Å². The van der Waals surface area contributed by atoms with Gasteiger partial charge in [0, 0.05) is 48.7 Å². The van der Waals surface area contributed by atoms with Crippen LogP contribution in [0.25, 0.3) is 10.9 Å². The van der Waals surface area contributed by atoms with Gasteiger partial charge in [0.15, 0.2) is 0 Å². The number of halogens is 2. The molecule has 6 heteroatoms. The molecular formula is C16H18F2N4. The Balaban J connectivity index is 1.74. The van der Waals surface area contributed by atoms with Crippen LogP contribution in [0.4, 0.5) is 14.5 Å². The number of aromatic nitrogens is 2. The molecule has 2 fully saturated rings. The highest BCUT2D eigenvalue weighted by atomic mass is 19.3. The van der Waals surface area contributed by atoms with E-state index in [9.17, 15) is 8.78 Å². The minimum absolute atomic E-state index is 0.0432. The summed E-state index contributed by atoms with van der Waals surface area (Å²) in [5.74, 6) is 0.664. The van der Waals surface area contributed by atoms with Crippen LogP contribution < -0.4 is 4.90 Å². The van der Waals surface area contributed by atoms with E-state index in [1.54, 1.807) is 12.3 Å². The second kappa shape index (κ2) is 4.59. The van der Waals surface area contributed by atoms with Gasteiger partial charge in [0.1, 0.15) is 5.82 Å². The van der Waals surface area contributed by atoms with Crippen LogP contribution in [0.3, 0.4) is 0 Å². The summed E-state index contributed by atoms with van der Waals surface area (Å²) in [6.07, 6.45) is -0.839. The Morgan fingerprint density at radius 3 is 2.55 bits per heavy atom. The summed E-state index contributed by atoms with van der Waals surface area (Å²) in [6, 6.07) is 3.09. The Hall–Kier alpha value is -1.82. The number of aryl methyl sites for hydroxylation is 1. The van der Waals surface area contributed by atoms with Gasteiger partial charge in [0.2, 0.25) is 0 Å². The van der Waals surface area contributed by atoms with Crippen LogP contribution in [0.2, 0.25) is 0 Å². The fourth-order valence-electron chi connectivity index (χ4n) is 3.84. The van der Waals surface area contributed by atoms with Crippen molar-refractivity contribution in [3.63, 3.8) is 0 Å². The van der Waals surface area contributed by atoms with E-state index in [2.05, 4.69) is 26.8 Å². The molecule has 0 N–H and O–H groups in total. The van der Waals surface area contributed by atoms with Crippen molar-refractivity contribution in [2.45, 2.75) is 13.3 Å². The van der Waals surface area contributed by atoms with E-state index in [0.29, 0.717) is 16.6 Å². The minimum Gasteiger partial charge on any atom is -0.368 e. The largest absolute Gasteiger partial charge is 0.368 e. The number of fused-ring (bicyclic) bond motifs is 1. The van der Waals surface area contributed by atoms with Crippen molar-refractivity contribution >= 4 is 16.6 Å². The van der Waals surface area contributed by atoms with Gasteiger partial charge in [0.25, 0.3) is 6.43 Å². The van der Waals surface area contributed by atoms with Crippen LogP contribution >= 0.6 is 0 Å². The summed E-state index contributed by atoms with van der Waals surface area (Å²) in [5.41, 5.74) is 1.99. The van der Waals surface area contributed by atoms with Crippen molar-refractivity contribution in [3.05, 3.63) is 29.7 Å². The quantitative estimate of drug-likeness (QED) is 0.854. The molecule has 0 bridgehead atoms. The number of likely N-dealkylation sites (tertiary alicyclic amines) is 1. The molecule has 0 radical (unpaired) electrons. The third-order valence-electron chi connectivity index (χ3n) is 4.66. The van der Waals surface area contributed by atoms with Crippen LogP contribution in [0, 0.1) is 12.3 Å². The first-order valence-corrected chi connectivity index (χ1v) is 7.45. The summed E-state index contributed by atoms with van der Waals surface area (Å²) < 4.78 is 26.3. The van der Waals surface area contributed by atoms with Gasteiger partial charge in [0.05, 0.1) is 11.2 Å². The molecule has 0 saturated carbocycles. The average Bonchev–Trinajstić information content (AvgIpc) is 2.40. The van der Waals surface area contributed by atoms with Crippen LogP contribution in [0.1, 0.15) is 17.8 Å². The molecule has 2 aromatic rings. The van der Waals surface area contributed by atoms with Crippen molar-refractivity contribution < 1.29 is 8.78 Å². The molecule has 3 heterocycles. The number of alkyl halides is 2. The summed E-state index contributed by atoms with van der Waals surface area (Å²) in [7, 11) is 2.11. The molecule has 2 saturated heterocycles. The smallest absolute Gasteiger partial charge is 0.263 e. The monoisotopic (exact) mass is 304 g/mol. The summed E-state index contributed by atoms with van der Waals surface area (Å²) in [5, 5.41) is 0.685. The maximum atomic E-state index is 13.2. The molecule has 2 aliphatic heterocycles. The van der Waals surface area contributed by atoms with Gasteiger partial charge >= 0.3 is 0 Å². The lowest BCUT2D eigenvalue weighted by Gasteiger charge is -2.60. The van der Waals surface area contributed by atoms with Crippen molar-refractivity contribution in [1.82, 2.24) is 14.9 Å². The molecular weight excluding hydrogens is 286 g/mol. The number of nitrogens with zero attached hydrogens (tertiary/aromatic N) is 4. The number of anilines is 1. The zero-order valence-corrected chi connectivity index (χ0v) is 12.7. The SMILES string of the molecule is Cc1ncc2cc(C(F)F)cc(N3CC4(CN(C)C4)C3)c2n1. The highest BCUT2D eigenvalue weighted by Crippen LogP contribution is 2.43. The molecule has 1 spiro atoms. The fourth-order valence-corrected chi connectivity index (χ4v) is 3.84. The molecule has 1 aromatic heterocycles. The van der Waals surface area contributed by atoms with Crippen LogP contribution in [0.15, 0.2) is 18.3 Å². The topological polar surface area (TPSA) is 32.3 Å². The normalized spacial score (nSPS) is 20.5. The molecule has 4 nitrogen and oxygen atoms in total. The van der Waals surface area contributed by atoms with E-state index in [0.717, 1.165) is 37.4 Å². The highest BCUT2D eigenvalue weighted by molar-refractivity contribution is 5.91. The third-order valence-corrected chi connectivity index (χ3v) is 4.66. The molecule has 0 aliphatic carbocycles. The van der Waals surface area contributed by atoms with Gasteiger partial charge in [-0.3, -0.25) is 0 Å². The second-order valence-corrected chi connectivity index (χ2v) is 6.72. The Morgan fingerprint density at radius 2 is 1.91 bits per heavy atom. The first kappa shape index (κ1) is 13.8. The molecule has 22 heavy (non-hydrogen) atoms. The predicted molar refractivity (Wildman–Crippen MR) is 81.4 cm³/mol. The Bertz CT molecular complexity index is 732. The maximum Gasteiger partial charge on any atom is 0.263 e. The standard InChI is InChI=1S/C16H18F2N4/c1-10-19-5-12-3-11(15(17)18)4-13(14(12)20-10)22-8-16(9-22)6-21(2)7-16/h3-5,15H,6-9H2,1-2H3. The van der Waals surface area contributed by atoms with E-state index >= 15 is 0 Å². The van der Waals surface area contributed by atoms with Gasteiger partial charge in [-0.25, -0.2) is 18.7 Å². The Labute approximate surface area is 127 Å². The van der Waals surface area contributed by atoms with E-state index in [4.69, 9.17) is 0 Å². The number of hydrogen-bond acceptors (Lipinski definition) is 4. The van der Waals surface area contributed by atoms with Crippen LogP contribution in [0.5, 0.6) is 0 Å². The highest BCUT2D eigenvalue weighted by Gasteiger charge is 2.50. The molecule has 4 rings (SSSR count). The van der Waals surface area contributed by atoms with Crippen molar-refractivity contribution in [3.8, 4) is 0 Å². The van der Waals surface area contributed by atoms with E-state index in [1.165, 1.54) is 6.07 Å². The van der Waals surface area contributed by atoms with Gasteiger partial charge in [-0.15, -0.1) is 0 Å². The van der Waals surface area contributed by atoms with E-state index in [1.807, 2.05) is 6.92 Å². The number of rotatable bonds is 2. The molecule has 0 unspecified atom stereocenters.